The van der Waals surface area contributed by atoms with E-state index in [2.05, 4.69) is 18.7 Å². The van der Waals surface area contributed by atoms with Gasteiger partial charge in [0.05, 0.1) is 6.10 Å². The molecule has 94 valence electrons. The molecule has 16 heavy (non-hydrogen) atoms. The Hall–Kier alpha value is -0.120. The standard InChI is InChI=1S/C13H26N2O/c1-13(2)10-15(8-6-12(13)14)7-5-11-4-3-9-16-11/h11-12H,3-10,14H2,1-2H3. The highest BCUT2D eigenvalue weighted by Gasteiger charge is 2.33. The minimum atomic E-state index is 0.273. The first kappa shape index (κ1) is 12.3. The number of hydrogen-bond donors (Lipinski definition) is 1. The molecule has 0 aliphatic carbocycles. The fourth-order valence-corrected chi connectivity index (χ4v) is 2.87. The van der Waals surface area contributed by atoms with Gasteiger partial charge >= 0.3 is 0 Å². The van der Waals surface area contributed by atoms with Crippen molar-refractivity contribution in [3.05, 3.63) is 0 Å². The highest BCUT2D eigenvalue weighted by atomic mass is 16.5. The third-order valence-electron chi connectivity index (χ3n) is 4.18. The maximum atomic E-state index is 6.14. The van der Waals surface area contributed by atoms with Gasteiger partial charge in [-0.05, 0) is 37.6 Å². The summed E-state index contributed by atoms with van der Waals surface area (Å²) in [6.45, 7) is 9.03. The Morgan fingerprint density at radius 3 is 2.81 bits per heavy atom. The Bertz CT molecular complexity index is 224. The molecule has 2 aliphatic heterocycles. The minimum Gasteiger partial charge on any atom is -0.378 e. The topological polar surface area (TPSA) is 38.5 Å². The van der Waals surface area contributed by atoms with Crippen LogP contribution in [0, 0.1) is 5.41 Å². The third-order valence-corrected chi connectivity index (χ3v) is 4.18. The Kier molecular flexibility index (Phi) is 3.88. The number of nitrogens with zero attached hydrogens (tertiary/aromatic N) is 1. The normalized spacial score (nSPS) is 35.4. The van der Waals surface area contributed by atoms with Crippen LogP contribution in [0.2, 0.25) is 0 Å². The zero-order valence-corrected chi connectivity index (χ0v) is 10.7. The molecule has 0 spiro atoms. The van der Waals surface area contributed by atoms with E-state index in [9.17, 15) is 0 Å². The van der Waals surface area contributed by atoms with Crippen LogP contribution >= 0.6 is 0 Å². The van der Waals surface area contributed by atoms with Gasteiger partial charge in [-0.1, -0.05) is 13.8 Å². The van der Waals surface area contributed by atoms with Crippen LogP contribution in [-0.4, -0.2) is 43.3 Å². The van der Waals surface area contributed by atoms with E-state index >= 15 is 0 Å². The lowest BCUT2D eigenvalue weighted by atomic mass is 9.79. The van der Waals surface area contributed by atoms with Gasteiger partial charge in [0.2, 0.25) is 0 Å². The molecule has 0 aromatic rings. The summed E-state index contributed by atoms with van der Waals surface area (Å²) < 4.78 is 5.67. The quantitative estimate of drug-likeness (QED) is 0.794. The summed E-state index contributed by atoms with van der Waals surface area (Å²) in [5.74, 6) is 0. The molecule has 2 N–H and O–H groups in total. The second-order valence-corrected chi connectivity index (χ2v) is 6.08. The zero-order valence-electron chi connectivity index (χ0n) is 10.7. The zero-order chi connectivity index (χ0) is 11.6. The fraction of sp³-hybridized carbons (Fsp3) is 1.00. The van der Waals surface area contributed by atoms with Crippen LogP contribution in [0.25, 0.3) is 0 Å². The molecule has 0 bridgehead atoms. The third kappa shape index (κ3) is 2.96. The van der Waals surface area contributed by atoms with Gasteiger partial charge in [0.15, 0.2) is 0 Å². The number of rotatable bonds is 3. The van der Waals surface area contributed by atoms with Crippen LogP contribution in [0.15, 0.2) is 0 Å². The maximum Gasteiger partial charge on any atom is 0.0588 e. The Balaban J connectivity index is 1.74. The first-order valence-electron chi connectivity index (χ1n) is 6.67. The molecule has 2 atom stereocenters. The average molecular weight is 226 g/mol. The highest BCUT2D eigenvalue weighted by Crippen LogP contribution is 2.28. The number of hydrogen-bond acceptors (Lipinski definition) is 3. The van der Waals surface area contributed by atoms with E-state index in [1.807, 2.05) is 0 Å². The Labute approximate surface area is 99.3 Å². The molecular weight excluding hydrogens is 200 g/mol. The fourth-order valence-electron chi connectivity index (χ4n) is 2.87. The van der Waals surface area contributed by atoms with E-state index in [1.54, 1.807) is 0 Å². The van der Waals surface area contributed by atoms with E-state index in [-0.39, 0.29) is 5.41 Å². The molecular formula is C13H26N2O. The number of likely N-dealkylation sites (tertiary alicyclic amines) is 1. The number of nitrogens with two attached hydrogens (primary N) is 1. The van der Waals surface area contributed by atoms with Crippen LogP contribution in [0.5, 0.6) is 0 Å². The molecule has 2 saturated heterocycles. The first-order chi connectivity index (χ1) is 7.58. The molecule has 0 aromatic carbocycles. The average Bonchev–Trinajstić information content (AvgIpc) is 2.72. The van der Waals surface area contributed by atoms with Gasteiger partial charge in [0.1, 0.15) is 0 Å². The maximum absolute atomic E-state index is 6.14. The van der Waals surface area contributed by atoms with Gasteiger partial charge < -0.3 is 15.4 Å². The second-order valence-electron chi connectivity index (χ2n) is 6.08. The smallest absolute Gasteiger partial charge is 0.0588 e. The van der Waals surface area contributed by atoms with Crippen LogP contribution in [0.3, 0.4) is 0 Å². The predicted octanol–water partition coefficient (Wildman–Crippen LogP) is 1.61. The summed E-state index contributed by atoms with van der Waals surface area (Å²) in [7, 11) is 0. The van der Waals surface area contributed by atoms with Gasteiger partial charge in [0, 0.05) is 25.7 Å². The molecule has 2 aliphatic rings. The molecule has 0 saturated carbocycles. The van der Waals surface area contributed by atoms with Crippen molar-refractivity contribution in [2.45, 2.75) is 51.7 Å². The highest BCUT2D eigenvalue weighted by molar-refractivity contribution is 4.89. The molecule has 2 unspecified atom stereocenters. The van der Waals surface area contributed by atoms with Crippen molar-refractivity contribution < 1.29 is 4.74 Å². The van der Waals surface area contributed by atoms with E-state index in [4.69, 9.17) is 10.5 Å². The molecule has 3 nitrogen and oxygen atoms in total. The van der Waals surface area contributed by atoms with E-state index < -0.39 is 0 Å². The van der Waals surface area contributed by atoms with Crippen molar-refractivity contribution in [1.29, 1.82) is 0 Å². The van der Waals surface area contributed by atoms with Crippen molar-refractivity contribution in [3.8, 4) is 0 Å². The number of piperidine rings is 1. The predicted molar refractivity (Wildman–Crippen MR) is 66.4 cm³/mol. The SMILES string of the molecule is CC1(C)CN(CCC2CCCO2)CCC1N. The van der Waals surface area contributed by atoms with E-state index in [0.717, 1.165) is 26.1 Å². The van der Waals surface area contributed by atoms with Crippen molar-refractivity contribution in [1.82, 2.24) is 4.90 Å². The largest absolute Gasteiger partial charge is 0.378 e. The van der Waals surface area contributed by atoms with Crippen LogP contribution in [0.1, 0.15) is 39.5 Å². The Morgan fingerprint density at radius 1 is 1.38 bits per heavy atom. The molecule has 2 fully saturated rings. The van der Waals surface area contributed by atoms with Crippen molar-refractivity contribution in [2.24, 2.45) is 11.1 Å². The molecule has 0 aromatic heterocycles. The molecule has 3 heteroatoms. The van der Waals surface area contributed by atoms with Crippen LogP contribution in [0.4, 0.5) is 0 Å². The van der Waals surface area contributed by atoms with Gasteiger partial charge in [-0.3, -0.25) is 0 Å². The lowest BCUT2D eigenvalue weighted by Crippen LogP contribution is -2.52. The van der Waals surface area contributed by atoms with Crippen LogP contribution < -0.4 is 5.73 Å². The molecule has 2 rings (SSSR count). The van der Waals surface area contributed by atoms with Crippen LogP contribution in [-0.2, 0) is 4.74 Å². The monoisotopic (exact) mass is 226 g/mol. The van der Waals surface area contributed by atoms with Crippen molar-refractivity contribution >= 4 is 0 Å². The Morgan fingerprint density at radius 2 is 2.19 bits per heavy atom. The minimum absolute atomic E-state index is 0.273. The first-order valence-corrected chi connectivity index (χ1v) is 6.67. The lowest BCUT2D eigenvalue weighted by Gasteiger charge is -2.42. The van der Waals surface area contributed by atoms with E-state index in [1.165, 1.54) is 25.8 Å². The summed E-state index contributed by atoms with van der Waals surface area (Å²) in [6, 6.07) is 0.367. The number of ether oxygens (including phenoxy) is 1. The molecule has 0 amide bonds. The molecule has 2 heterocycles. The van der Waals surface area contributed by atoms with Crippen molar-refractivity contribution in [2.75, 3.05) is 26.2 Å². The van der Waals surface area contributed by atoms with Crippen molar-refractivity contribution in [3.63, 3.8) is 0 Å². The summed E-state index contributed by atoms with van der Waals surface area (Å²) >= 11 is 0. The second kappa shape index (κ2) is 5.03. The molecule has 0 radical (unpaired) electrons. The van der Waals surface area contributed by atoms with E-state index in [0.29, 0.717) is 12.1 Å². The summed E-state index contributed by atoms with van der Waals surface area (Å²) in [6.07, 6.45) is 5.38. The summed E-state index contributed by atoms with van der Waals surface area (Å²) in [5.41, 5.74) is 6.41. The van der Waals surface area contributed by atoms with Gasteiger partial charge in [-0.15, -0.1) is 0 Å². The summed E-state index contributed by atoms with van der Waals surface area (Å²) in [4.78, 5) is 2.56. The van der Waals surface area contributed by atoms with Gasteiger partial charge in [-0.2, -0.15) is 0 Å². The van der Waals surface area contributed by atoms with Gasteiger partial charge in [0.25, 0.3) is 0 Å². The summed E-state index contributed by atoms with van der Waals surface area (Å²) in [5, 5.41) is 0. The lowest BCUT2D eigenvalue weighted by molar-refractivity contribution is 0.0616. The van der Waals surface area contributed by atoms with Gasteiger partial charge in [-0.25, -0.2) is 0 Å².